The highest BCUT2D eigenvalue weighted by Gasteiger charge is 2.19. The maximum atomic E-state index is 12.8. The van der Waals surface area contributed by atoms with E-state index in [1.54, 1.807) is 12.1 Å². The van der Waals surface area contributed by atoms with Gasteiger partial charge in [0.2, 0.25) is 0 Å². The number of Topliss-reactive ketones (excluding diaryl/α,β-unsaturated/α-hetero) is 1. The summed E-state index contributed by atoms with van der Waals surface area (Å²) in [5.41, 5.74) is 1.13. The number of hydrogen-bond acceptors (Lipinski definition) is 5. The molecule has 0 amide bonds. The Balaban J connectivity index is 2.09. The van der Waals surface area contributed by atoms with Crippen molar-refractivity contribution in [2.75, 3.05) is 6.26 Å². The molecule has 0 saturated carbocycles. The molecular weight excluding hydrogens is 385 g/mol. The Morgan fingerprint density at radius 1 is 1.24 bits per heavy atom. The zero-order chi connectivity index (χ0) is 18.1. The standard InChI is InChI=1S/C16H11Cl2N3O3S/c1-25-15-3-2-8(13-5-12(16(23)24)20-21(13)15)14(22)4-9-10(17)6-19-7-11(9)18/h2-3,5-7H,4H2,1H3,(H,23,24). The number of carboxylic acids is 1. The number of halogens is 2. The first-order valence-corrected chi connectivity index (χ1v) is 9.01. The molecule has 0 unspecified atom stereocenters. The minimum atomic E-state index is -1.16. The van der Waals surface area contributed by atoms with Gasteiger partial charge in [0.25, 0.3) is 0 Å². The quantitative estimate of drug-likeness (QED) is 0.521. The average Bonchev–Trinajstić information content (AvgIpc) is 3.02. The second-order valence-electron chi connectivity index (χ2n) is 5.10. The lowest BCUT2D eigenvalue weighted by Crippen LogP contribution is -2.08. The van der Waals surface area contributed by atoms with Crippen molar-refractivity contribution in [2.45, 2.75) is 11.4 Å². The Bertz CT molecular complexity index is 983. The first-order chi connectivity index (χ1) is 11.9. The third kappa shape index (κ3) is 3.35. The molecule has 0 saturated heterocycles. The van der Waals surface area contributed by atoms with Crippen LogP contribution in [0.1, 0.15) is 26.4 Å². The minimum Gasteiger partial charge on any atom is -0.476 e. The predicted molar refractivity (Wildman–Crippen MR) is 96.2 cm³/mol. The van der Waals surface area contributed by atoms with Gasteiger partial charge in [0, 0.05) is 29.9 Å². The van der Waals surface area contributed by atoms with Gasteiger partial charge in [0.1, 0.15) is 0 Å². The molecule has 0 aliphatic heterocycles. The van der Waals surface area contributed by atoms with Crippen LogP contribution in [0.3, 0.4) is 0 Å². The molecule has 1 N–H and O–H groups in total. The van der Waals surface area contributed by atoms with E-state index in [4.69, 9.17) is 23.2 Å². The van der Waals surface area contributed by atoms with Gasteiger partial charge in [-0.25, -0.2) is 9.31 Å². The molecule has 0 aliphatic carbocycles. The highest BCUT2D eigenvalue weighted by Crippen LogP contribution is 2.27. The van der Waals surface area contributed by atoms with Crippen molar-refractivity contribution in [1.82, 2.24) is 14.6 Å². The molecule has 0 aromatic carbocycles. The lowest BCUT2D eigenvalue weighted by Gasteiger charge is -2.08. The number of nitrogens with zero attached hydrogens (tertiary/aromatic N) is 3. The maximum absolute atomic E-state index is 12.8. The molecule has 0 aliphatic rings. The molecule has 3 rings (SSSR count). The van der Waals surface area contributed by atoms with E-state index in [0.29, 0.717) is 26.7 Å². The number of hydrogen-bond donors (Lipinski definition) is 1. The van der Waals surface area contributed by atoms with Crippen LogP contribution in [0.25, 0.3) is 5.52 Å². The van der Waals surface area contributed by atoms with Gasteiger partial charge in [-0.15, -0.1) is 11.8 Å². The molecular formula is C16H11Cl2N3O3S. The molecule has 0 bridgehead atoms. The highest BCUT2D eigenvalue weighted by molar-refractivity contribution is 7.98. The fourth-order valence-corrected chi connectivity index (χ4v) is 3.42. The monoisotopic (exact) mass is 395 g/mol. The van der Waals surface area contributed by atoms with E-state index in [0.717, 1.165) is 5.03 Å². The fraction of sp³-hybridized carbons (Fsp3) is 0.125. The smallest absolute Gasteiger partial charge is 0.356 e. The zero-order valence-corrected chi connectivity index (χ0v) is 15.2. The number of aromatic nitrogens is 3. The van der Waals surface area contributed by atoms with Crippen molar-refractivity contribution in [3.8, 4) is 0 Å². The highest BCUT2D eigenvalue weighted by atomic mass is 35.5. The van der Waals surface area contributed by atoms with E-state index >= 15 is 0 Å². The SMILES string of the molecule is CSc1ccc(C(=O)Cc2c(Cl)cncc2Cl)c2cc(C(=O)O)nn12. The zero-order valence-electron chi connectivity index (χ0n) is 12.9. The van der Waals surface area contributed by atoms with Gasteiger partial charge < -0.3 is 5.11 Å². The molecule has 25 heavy (non-hydrogen) atoms. The maximum Gasteiger partial charge on any atom is 0.356 e. The van der Waals surface area contributed by atoms with Gasteiger partial charge in [-0.05, 0) is 24.5 Å². The number of aromatic carboxylic acids is 1. The summed E-state index contributed by atoms with van der Waals surface area (Å²) in [5, 5.41) is 14.6. The van der Waals surface area contributed by atoms with Crippen LogP contribution in [0.2, 0.25) is 10.0 Å². The summed E-state index contributed by atoms with van der Waals surface area (Å²) in [7, 11) is 0. The van der Waals surface area contributed by atoms with Gasteiger partial charge >= 0.3 is 5.97 Å². The molecule has 3 heterocycles. The first-order valence-electron chi connectivity index (χ1n) is 7.03. The lowest BCUT2D eigenvalue weighted by atomic mass is 10.0. The Kier molecular flexibility index (Phi) is 4.99. The van der Waals surface area contributed by atoms with Crippen LogP contribution in [-0.2, 0) is 6.42 Å². The Morgan fingerprint density at radius 2 is 1.92 bits per heavy atom. The number of fused-ring (bicyclic) bond motifs is 1. The Labute approximate surface area is 156 Å². The first kappa shape index (κ1) is 17.7. The van der Waals surface area contributed by atoms with E-state index in [2.05, 4.69) is 10.1 Å². The summed E-state index contributed by atoms with van der Waals surface area (Å²) in [6.07, 6.45) is 4.66. The molecule has 3 aromatic rings. The third-order valence-corrected chi connectivity index (χ3v) is 4.98. The lowest BCUT2D eigenvalue weighted by molar-refractivity contribution is 0.0689. The van der Waals surface area contributed by atoms with Crippen molar-refractivity contribution < 1.29 is 14.7 Å². The summed E-state index contributed by atoms with van der Waals surface area (Å²) in [6.45, 7) is 0. The van der Waals surface area contributed by atoms with Gasteiger partial charge in [-0.2, -0.15) is 5.10 Å². The summed E-state index contributed by atoms with van der Waals surface area (Å²) >= 11 is 13.5. The number of carbonyl (C=O) groups excluding carboxylic acids is 1. The molecule has 9 heteroatoms. The van der Waals surface area contributed by atoms with E-state index in [9.17, 15) is 14.7 Å². The largest absolute Gasteiger partial charge is 0.476 e. The normalized spacial score (nSPS) is 11.0. The summed E-state index contributed by atoms with van der Waals surface area (Å²) < 4.78 is 1.46. The van der Waals surface area contributed by atoms with E-state index < -0.39 is 5.97 Å². The van der Waals surface area contributed by atoms with Crippen LogP contribution in [-0.4, -0.2) is 37.7 Å². The van der Waals surface area contributed by atoms with Gasteiger partial charge in [-0.3, -0.25) is 9.78 Å². The predicted octanol–water partition coefficient (Wildman–Crippen LogP) is 3.88. The van der Waals surface area contributed by atoms with Crippen molar-refractivity contribution in [2.24, 2.45) is 0 Å². The molecule has 0 atom stereocenters. The number of rotatable bonds is 5. The summed E-state index contributed by atoms with van der Waals surface area (Å²) in [5.74, 6) is -1.40. The van der Waals surface area contributed by atoms with Crippen molar-refractivity contribution in [1.29, 1.82) is 0 Å². The summed E-state index contributed by atoms with van der Waals surface area (Å²) in [4.78, 5) is 27.9. The minimum absolute atomic E-state index is 0.0257. The topological polar surface area (TPSA) is 84.6 Å². The number of thioether (sulfide) groups is 1. The van der Waals surface area contributed by atoms with Crippen molar-refractivity contribution >= 4 is 52.2 Å². The van der Waals surface area contributed by atoms with E-state index in [1.807, 2.05) is 6.26 Å². The third-order valence-electron chi connectivity index (χ3n) is 3.60. The van der Waals surface area contributed by atoms with Crippen LogP contribution in [0, 0.1) is 0 Å². The van der Waals surface area contributed by atoms with Gasteiger partial charge in [0.05, 0.1) is 20.6 Å². The van der Waals surface area contributed by atoms with E-state index in [-0.39, 0.29) is 17.9 Å². The number of carboxylic acid groups (broad SMARTS) is 1. The van der Waals surface area contributed by atoms with Crippen LogP contribution in [0.5, 0.6) is 0 Å². The van der Waals surface area contributed by atoms with Crippen molar-refractivity contribution in [3.05, 3.63) is 57.5 Å². The Hall–Kier alpha value is -2.09. The van der Waals surface area contributed by atoms with Gasteiger partial charge in [0.15, 0.2) is 11.5 Å². The number of carbonyl (C=O) groups is 2. The van der Waals surface area contributed by atoms with Crippen LogP contribution in [0.4, 0.5) is 0 Å². The molecule has 0 radical (unpaired) electrons. The van der Waals surface area contributed by atoms with E-state index in [1.165, 1.54) is 34.7 Å². The van der Waals surface area contributed by atoms with Crippen molar-refractivity contribution in [3.63, 3.8) is 0 Å². The van der Waals surface area contributed by atoms with Gasteiger partial charge in [-0.1, -0.05) is 23.2 Å². The number of pyridine rings is 2. The van der Waals surface area contributed by atoms with Crippen LogP contribution < -0.4 is 0 Å². The molecule has 3 aromatic heterocycles. The summed E-state index contributed by atoms with van der Waals surface area (Å²) in [6, 6.07) is 4.75. The average molecular weight is 396 g/mol. The second kappa shape index (κ2) is 7.03. The van der Waals surface area contributed by atoms with Crippen LogP contribution >= 0.6 is 35.0 Å². The molecule has 6 nitrogen and oxygen atoms in total. The Morgan fingerprint density at radius 3 is 2.52 bits per heavy atom. The molecule has 0 spiro atoms. The van der Waals surface area contributed by atoms with Crippen LogP contribution in [0.15, 0.2) is 35.6 Å². The fourth-order valence-electron chi connectivity index (χ4n) is 2.41. The molecule has 128 valence electrons. The number of ketones is 1. The molecule has 0 fully saturated rings. The second-order valence-corrected chi connectivity index (χ2v) is 6.74.